The normalized spacial score (nSPS) is 27.3. The van der Waals surface area contributed by atoms with Crippen molar-refractivity contribution in [1.82, 2.24) is 10.6 Å². The van der Waals surface area contributed by atoms with Crippen molar-refractivity contribution in [3.05, 3.63) is 29.3 Å². The van der Waals surface area contributed by atoms with Gasteiger partial charge in [0.1, 0.15) is 5.75 Å². The molecule has 2 N–H and O–H groups in total. The zero-order chi connectivity index (χ0) is 16.8. The zero-order valence-corrected chi connectivity index (χ0v) is 15.1. The highest BCUT2D eigenvalue weighted by Crippen LogP contribution is 2.30. The van der Waals surface area contributed by atoms with Gasteiger partial charge in [0.25, 0.3) is 0 Å². The van der Waals surface area contributed by atoms with Gasteiger partial charge in [-0.3, -0.25) is 0 Å². The fraction of sp³-hybridized carbons (Fsp3) is 0.700. The summed E-state index contributed by atoms with van der Waals surface area (Å²) < 4.78 is 11.6. The first-order valence-electron chi connectivity index (χ1n) is 9.54. The van der Waals surface area contributed by atoms with Crippen LogP contribution < -0.4 is 15.4 Å². The number of morpholine rings is 1. The molecule has 1 aromatic carbocycles. The second-order valence-corrected chi connectivity index (χ2v) is 7.18. The van der Waals surface area contributed by atoms with Crippen molar-refractivity contribution in [1.29, 1.82) is 0 Å². The van der Waals surface area contributed by atoms with Gasteiger partial charge in [-0.05, 0) is 43.7 Å². The Labute approximate surface area is 146 Å². The standard InChI is InChI=1S/C20H32N2O2/c1-3-10-24-20-12-15(2)7-8-16(20)13-22-18-6-4-5-17(18)19-14-23-11-9-21-19/h7-8,12,17-19,21-22H,3-6,9-11,13-14H2,1-2H3. The number of rotatable bonds is 7. The molecule has 2 fully saturated rings. The lowest BCUT2D eigenvalue weighted by Gasteiger charge is -2.33. The van der Waals surface area contributed by atoms with Crippen LogP contribution in [0.2, 0.25) is 0 Å². The molecule has 0 bridgehead atoms. The Hall–Kier alpha value is -1.10. The van der Waals surface area contributed by atoms with Crippen LogP contribution in [0, 0.1) is 12.8 Å². The monoisotopic (exact) mass is 332 g/mol. The lowest BCUT2D eigenvalue weighted by Crippen LogP contribution is -2.50. The van der Waals surface area contributed by atoms with E-state index in [0.29, 0.717) is 18.0 Å². The minimum atomic E-state index is 0.507. The first-order chi connectivity index (χ1) is 11.8. The maximum atomic E-state index is 5.95. The SMILES string of the molecule is CCCOc1cc(C)ccc1CNC1CCCC1C1COCCN1. The van der Waals surface area contributed by atoms with Crippen LogP contribution in [0.5, 0.6) is 5.75 Å². The van der Waals surface area contributed by atoms with Crippen molar-refractivity contribution in [3.63, 3.8) is 0 Å². The van der Waals surface area contributed by atoms with Gasteiger partial charge in [0, 0.05) is 30.7 Å². The quantitative estimate of drug-likeness (QED) is 0.805. The van der Waals surface area contributed by atoms with E-state index in [9.17, 15) is 0 Å². The Morgan fingerprint density at radius 1 is 1.33 bits per heavy atom. The molecule has 0 aromatic heterocycles. The number of ether oxygens (including phenoxy) is 2. The first kappa shape index (κ1) is 17.7. The Balaban J connectivity index is 1.60. The van der Waals surface area contributed by atoms with E-state index in [1.807, 2.05) is 0 Å². The molecule has 0 amide bonds. The Morgan fingerprint density at radius 2 is 2.25 bits per heavy atom. The summed E-state index contributed by atoms with van der Waals surface area (Å²) in [6.45, 7) is 8.63. The van der Waals surface area contributed by atoms with Gasteiger partial charge in [-0.25, -0.2) is 0 Å². The highest BCUT2D eigenvalue weighted by atomic mass is 16.5. The van der Waals surface area contributed by atoms with E-state index in [-0.39, 0.29) is 0 Å². The predicted molar refractivity (Wildman–Crippen MR) is 97.5 cm³/mol. The smallest absolute Gasteiger partial charge is 0.124 e. The van der Waals surface area contributed by atoms with Crippen LogP contribution >= 0.6 is 0 Å². The molecule has 1 aliphatic carbocycles. The van der Waals surface area contributed by atoms with E-state index in [2.05, 4.69) is 42.7 Å². The first-order valence-corrected chi connectivity index (χ1v) is 9.54. The molecule has 0 radical (unpaired) electrons. The molecule has 1 aromatic rings. The van der Waals surface area contributed by atoms with Crippen molar-refractivity contribution in [3.8, 4) is 5.75 Å². The topological polar surface area (TPSA) is 42.5 Å². The van der Waals surface area contributed by atoms with Crippen LogP contribution in [0.15, 0.2) is 18.2 Å². The second kappa shape index (κ2) is 8.84. The maximum Gasteiger partial charge on any atom is 0.124 e. The van der Waals surface area contributed by atoms with Crippen LogP contribution in [0.25, 0.3) is 0 Å². The van der Waals surface area contributed by atoms with Gasteiger partial charge in [0.15, 0.2) is 0 Å². The summed E-state index contributed by atoms with van der Waals surface area (Å²) in [5, 5.41) is 7.45. The minimum absolute atomic E-state index is 0.507. The third-order valence-electron chi connectivity index (χ3n) is 5.28. The molecule has 1 heterocycles. The average molecular weight is 332 g/mol. The molecule has 2 aliphatic rings. The van der Waals surface area contributed by atoms with Crippen molar-refractivity contribution in [2.45, 2.75) is 58.2 Å². The molecule has 1 saturated heterocycles. The van der Waals surface area contributed by atoms with E-state index in [0.717, 1.165) is 45.1 Å². The largest absolute Gasteiger partial charge is 0.493 e. The van der Waals surface area contributed by atoms with Gasteiger partial charge < -0.3 is 20.1 Å². The Morgan fingerprint density at radius 3 is 3.04 bits per heavy atom. The van der Waals surface area contributed by atoms with E-state index in [4.69, 9.17) is 9.47 Å². The predicted octanol–water partition coefficient (Wildman–Crippen LogP) is 3.03. The summed E-state index contributed by atoms with van der Waals surface area (Å²) in [6, 6.07) is 7.63. The van der Waals surface area contributed by atoms with Crippen LogP contribution in [-0.4, -0.2) is 38.4 Å². The summed E-state index contributed by atoms with van der Waals surface area (Å²) in [5.74, 6) is 1.72. The summed E-state index contributed by atoms with van der Waals surface area (Å²) in [5.41, 5.74) is 2.53. The highest BCUT2D eigenvalue weighted by Gasteiger charge is 2.34. The summed E-state index contributed by atoms with van der Waals surface area (Å²) in [6.07, 6.45) is 4.91. The molecule has 24 heavy (non-hydrogen) atoms. The Kier molecular flexibility index (Phi) is 6.52. The average Bonchev–Trinajstić information content (AvgIpc) is 3.08. The molecule has 3 atom stereocenters. The van der Waals surface area contributed by atoms with Crippen molar-refractivity contribution in [2.24, 2.45) is 5.92 Å². The van der Waals surface area contributed by atoms with Gasteiger partial charge >= 0.3 is 0 Å². The fourth-order valence-corrected chi connectivity index (χ4v) is 3.98. The Bertz CT molecular complexity index is 514. The van der Waals surface area contributed by atoms with Gasteiger partial charge in [0.05, 0.1) is 19.8 Å². The van der Waals surface area contributed by atoms with Crippen LogP contribution in [0.1, 0.15) is 43.7 Å². The van der Waals surface area contributed by atoms with Gasteiger partial charge in [-0.1, -0.05) is 25.5 Å². The van der Waals surface area contributed by atoms with E-state index < -0.39 is 0 Å². The van der Waals surface area contributed by atoms with Crippen LogP contribution in [0.3, 0.4) is 0 Å². The number of hydrogen-bond donors (Lipinski definition) is 2. The minimum Gasteiger partial charge on any atom is -0.493 e. The molecule has 4 heteroatoms. The lowest BCUT2D eigenvalue weighted by atomic mass is 9.94. The lowest BCUT2D eigenvalue weighted by molar-refractivity contribution is 0.0524. The van der Waals surface area contributed by atoms with E-state index >= 15 is 0 Å². The molecule has 4 nitrogen and oxygen atoms in total. The molecular weight excluding hydrogens is 300 g/mol. The van der Waals surface area contributed by atoms with Crippen molar-refractivity contribution in [2.75, 3.05) is 26.4 Å². The van der Waals surface area contributed by atoms with Crippen molar-refractivity contribution < 1.29 is 9.47 Å². The number of aryl methyl sites for hydroxylation is 1. The molecule has 0 spiro atoms. The molecular formula is C20H32N2O2. The third kappa shape index (κ3) is 4.50. The number of benzene rings is 1. The van der Waals surface area contributed by atoms with Gasteiger partial charge in [-0.15, -0.1) is 0 Å². The summed E-state index contributed by atoms with van der Waals surface area (Å²) >= 11 is 0. The van der Waals surface area contributed by atoms with Gasteiger partial charge in [0.2, 0.25) is 0 Å². The summed E-state index contributed by atoms with van der Waals surface area (Å²) in [4.78, 5) is 0. The number of nitrogens with one attached hydrogen (secondary N) is 2. The number of hydrogen-bond acceptors (Lipinski definition) is 4. The molecule has 3 rings (SSSR count). The molecule has 1 saturated carbocycles. The zero-order valence-electron chi connectivity index (χ0n) is 15.1. The second-order valence-electron chi connectivity index (χ2n) is 7.18. The maximum absolute atomic E-state index is 5.95. The van der Waals surface area contributed by atoms with Crippen molar-refractivity contribution >= 4 is 0 Å². The van der Waals surface area contributed by atoms with Crippen LogP contribution in [0.4, 0.5) is 0 Å². The summed E-state index contributed by atoms with van der Waals surface area (Å²) in [7, 11) is 0. The van der Waals surface area contributed by atoms with Gasteiger partial charge in [-0.2, -0.15) is 0 Å². The van der Waals surface area contributed by atoms with E-state index in [1.54, 1.807) is 0 Å². The highest BCUT2D eigenvalue weighted by molar-refractivity contribution is 5.37. The molecule has 134 valence electrons. The molecule has 1 aliphatic heterocycles. The van der Waals surface area contributed by atoms with Crippen LogP contribution in [-0.2, 0) is 11.3 Å². The fourth-order valence-electron chi connectivity index (χ4n) is 3.98. The third-order valence-corrected chi connectivity index (χ3v) is 5.28. The molecule has 3 unspecified atom stereocenters. The van der Waals surface area contributed by atoms with E-state index in [1.165, 1.54) is 30.4 Å².